The molecule has 0 aliphatic heterocycles. The third kappa shape index (κ3) is 3.43. The summed E-state index contributed by atoms with van der Waals surface area (Å²) in [5.41, 5.74) is 0. The molecule has 0 bridgehead atoms. The molecule has 0 aliphatic rings. The smallest absolute Gasteiger partial charge is 0.290 e. The van der Waals surface area contributed by atoms with Crippen LogP contribution in [0, 0.1) is 11.8 Å². The third-order valence-corrected chi connectivity index (χ3v) is 1.78. The Balaban J connectivity index is 2.42. The molecule has 0 unspecified atom stereocenters. The van der Waals surface area contributed by atoms with Gasteiger partial charge in [0, 0.05) is 19.4 Å². The molecule has 5 heteroatoms. The summed E-state index contributed by atoms with van der Waals surface area (Å²) in [7, 11) is 0. The van der Waals surface area contributed by atoms with E-state index in [-0.39, 0.29) is 11.7 Å². The second-order valence-electron chi connectivity index (χ2n) is 2.89. The van der Waals surface area contributed by atoms with E-state index in [9.17, 15) is 4.79 Å². The summed E-state index contributed by atoms with van der Waals surface area (Å²) in [5, 5.41) is 9.17. The molecule has 15 heavy (non-hydrogen) atoms. The van der Waals surface area contributed by atoms with Gasteiger partial charge in [-0.15, -0.1) is 16.9 Å². The molecule has 1 aromatic heterocycles. The summed E-state index contributed by atoms with van der Waals surface area (Å²) in [6.45, 7) is 4.24. The van der Waals surface area contributed by atoms with Crippen molar-refractivity contribution in [3.8, 4) is 11.8 Å². The number of hydrogen-bond acceptors (Lipinski definition) is 3. The number of aryl methyl sites for hydroxylation is 1. The maximum absolute atomic E-state index is 11.4. The van der Waals surface area contributed by atoms with Gasteiger partial charge in [0.1, 0.15) is 5.82 Å². The molecule has 80 valence electrons. The van der Waals surface area contributed by atoms with E-state index in [4.69, 9.17) is 0 Å². The lowest BCUT2D eigenvalue weighted by molar-refractivity contribution is 0.0944. The van der Waals surface area contributed by atoms with Gasteiger partial charge in [-0.05, 0) is 6.92 Å². The van der Waals surface area contributed by atoms with Gasteiger partial charge in [0.05, 0.1) is 0 Å². The van der Waals surface area contributed by atoms with Crippen LogP contribution in [0.1, 0.15) is 36.7 Å². The van der Waals surface area contributed by atoms with Crippen LogP contribution in [0.2, 0.25) is 0 Å². The first kappa shape index (κ1) is 11.2. The number of nitrogens with one attached hydrogen (secondary N) is 2. The Hall–Kier alpha value is -1.83. The molecule has 1 rings (SSSR count). The van der Waals surface area contributed by atoms with E-state index in [1.54, 1.807) is 6.92 Å². The zero-order valence-corrected chi connectivity index (χ0v) is 8.92. The fraction of sp³-hybridized carbons (Fsp3) is 0.500. The lowest BCUT2D eigenvalue weighted by atomic mass is 10.4. The van der Waals surface area contributed by atoms with E-state index >= 15 is 0 Å². The SMILES string of the molecule is CC#CCCNC(=O)c1n[nH]c(CC)n1. The largest absolute Gasteiger partial charge is 0.348 e. The Kier molecular flexibility index (Phi) is 4.35. The number of H-pyrrole nitrogens is 1. The molecule has 0 radical (unpaired) electrons. The van der Waals surface area contributed by atoms with Gasteiger partial charge in [-0.2, -0.15) is 0 Å². The zero-order valence-electron chi connectivity index (χ0n) is 8.92. The molecular weight excluding hydrogens is 192 g/mol. The van der Waals surface area contributed by atoms with Crippen LogP contribution in [0.4, 0.5) is 0 Å². The van der Waals surface area contributed by atoms with Crippen molar-refractivity contribution >= 4 is 5.91 Å². The average Bonchev–Trinajstić information content (AvgIpc) is 2.72. The maximum Gasteiger partial charge on any atom is 0.290 e. The average molecular weight is 206 g/mol. The fourth-order valence-corrected chi connectivity index (χ4v) is 0.998. The van der Waals surface area contributed by atoms with Crippen LogP contribution < -0.4 is 5.32 Å². The number of rotatable bonds is 4. The van der Waals surface area contributed by atoms with Crippen LogP contribution in [0.25, 0.3) is 0 Å². The van der Waals surface area contributed by atoms with Gasteiger partial charge in [-0.25, -0.2) is 4.98 Å². The predicted molar refractivity (Wildman–Crippen MR) is 56.2 cm³/mol. The molecule has 5 nitrogen and oxygen atoms in total. The number of aromatic nitrogens is 3. The lowest BCUT2D eigenvalue weighted by Gasteiger charge is -1.97. The van der Waals surface area contributed by atoms with Crippen molar-refractivity contribution in [3.63, 3.8) is 0 Å². The van der Waals surface area contributed by atoms with E-state index in [1.807, 2.05) is 6.92 Å². The topological polar surface area (TPSA) is 70.7 Å². The lowest BCUT2D eigenvalue weighted by Crippen LogP contribution is -2.25. The van der Waals surface area contributed by atoms with E-state index in [1.165, 1.54) is 0 Å². The third-order valence-electron chi connectivity index (χ3n) is 1.78. The number of carbonyl (C=O) groups excluding carboxylic acids is 1. The van der Waals surface area contributed by atoms with Crippen LogP contribution in [-0.4, -0.2) is 27.6 Å². The Morgan fingerprint density at radius 1 is 1.60 bits per heavy atom. The normalized spacial score (nSPS) is 9.20. The Morgan fingerprint density at radius 3 is 3.00 bits per heavy atom. The van der Waals surface area contributed by atoms with Crippen molar-refractivity contribution < 1.29 is 4.79 Å². The second kappa shape index (κ2) is 5.81. The highest BCUT2D eigenvalue weighted by molar-refractivity contribution is 5.90. The molecule has 0 spiro atoms. The summed E-state index contributed by atoms with van der Waals surface area (Å²) < 4.78 is 0. The van der Waals surface area contributed by atoms with Crippen LogP contribution in [0.5, 0.6) is 0 Å². The number of nitrogens with zero attached hydrogens (tertiary/aromatic N) is 2. The predicted octanol–water partition coefficient (Wildman–Crippen LogP) is 0.510. The fourth-order valence-electron chi connectivity index (χ4n) is 0.998. The summed E-state index contributed by atoms with van der Waals surface area (Å²) in [6.07, 6.45) is 1.38. The van der Waals surface area contributed by atoms with Gasteiger partial charge in [0.2, 0.25) is 5.82 Å². The van der Waals surface area contributed by atoms with E-state index in [0.717, 1.165) is 6.42 Å². The first-order chi connectivity index (χ1) is 7.27. The number of hydrogen-bond donors (Lipinski definition) is 2. The van der Waals surface area contributed by atoms with E-state index in [0.29, 0.717) is 18.8 Å². The van der Waals surface area contributed by atoms with Gasteiger partial charge in [0.15, 0.2) is 0 Å². The van der Waals surface area contributed by atoms with Crippen molar-refractivity contribution in [2.24, 2.45) is 0 Å². The van der Waals surface area contributed by atoms with Gasteiger partial charge < -0.3 is 5.32 Å². The first-order valence-corrected chi connectivity index (χ1v) is 4.87. The molecule has 0 aromatic carbocycles. The van der Waals surface area contributed by atoms with E-state index < -0.39 is 0 Å². The van der Waals surface area contributed by atoms with Gasteiger partial charge in [-0.1, -0.05) is 6.92 Å². The summed E-state index contributed by atoms with van der Waals surface area (Å²) in [4.78, 5) is 15.4. The molecular formula is C10H14N4O. The van der Waals surface area contributed by atoms with Gasteiger partial charge in [0.25, 0.3) is 5.91 Å². The molecule has 2 N–H and O–H groups in total. The monoisotopic (exact) mass is 206 g/mol. The second-order valence-corrected chi connectivity index (χ2v) is 2.89. The van der Waals surface area contributed by atoms with E-state index in [2.05, 4.69) is 32.3 Å². The Morgan fingerprint density at radius 2 is 2.40 bits per heavy atom. The van der Waals surface area contributed by atoms with Crippen molar-refractivity contribution in [1.82, 2.24) is 20.5 Å². The first-order valence-electron chi connectivity index (χ1n) is 4.87. The molecule has 0 fully saturated rings. The zero-order chi connectivity index (χ0) is 11.1. The van der Waals surface area contributed by atoms with Crippen molar-refractivity contribution in [3.05, 3.63) is 11.6 Å². The van der Waals surface area contributed by atoms with Crippen LogP contribution >= 0.6 is 0 Å². The minimum absolute atomic E-state index is 0.191. The number of aromatic amines is 1. The van der Waals surface area contributed by atoms with Crippen LogP contribution in [-0.2, 0) is 6.42 Å². The minimum Gasteiger partial charge on any atom is -0.348 e. The highest BCUT2D eigenvalue weighted by atomic mass is 16.2. The maximum atomic E-state index is 11.4. The Bertz CT molecular complexity index is 386. The number of amides is 1. The summed E-state index contributed by atoms with van der Waals surface area (Å²) >= 11 is 0. The summed E-state index contributed by atoms with van der Waals surface area (Å²) in [6, 6.07) is 0. The molecule has 0 aliphatic carbocycles. The van der Waals surface area contributed by atoms with Crippen LogP contribution in [0.3, 0.4) is 0 Å². The number of carbonyl (C=O) groups is 1. The standard InChI is InChI=1S/C10H14N4O/c1-3-5-6-7-11-10(15)9-12-8(4-2)13-14-9/h4,6-7H2,1-2H3,(H,11,15)(H,12,13,14). The van der Waals surface area contributed by atoms with Crippen molar-refractivity contribution in [2.45, 2.75) is 26.7 Å². The van der Waals surface area contributed by atoms with Gasteiger partial charge >= 0.3 is 0 Å². The van der Waals surface area contributed by atoms with Crippen molar-refractivity contribution in [1.29, 1.82) is 0 Å². The molecule has 0 atom stereocenters. The molecule has 1 heterocycles. The molecule has 1 amide bonds. The van der Waals surface area contributed by atoms with Crippen molar-refractivity contribution in [2.75, 3.05) is 6.54 Å². The molecule has 0 saturated carbocycles. The molecule has 1 aromatic rings. The quantitative estimate of drug-likeness (QED) is 0.557. The Labute approximate surface area is 88.7 Å². The highest BCUT2D eigenvalue weighted by Gasteiger charge is 2.10. The summed E-state index contributed by atoms with van der Waals surface area (Å²) in [5.74, 6) is 6.26. The van der Waals surface area contributed by atoms with Crippen LogP contribution in [0.15, 0.2) is 0 Å². The highest BCUT2D eigenvalue weighted by Crippen LogP contribution is 1.93. The minimum atomic E-state index is -0.260. The van der Waals surface area contributed by atoms with Gasteiger partial charge in [-0.3, -0.25) is 9.89 Å². The molecule has 0 saturated heterocycles.